The lowest BCUT2D eigenvalue weighted by Gasteiger charge is -2.07. The van der Waals surface area contributed by atoms with Gasteiger partial charge in [-0.3, -0.25) is 14.4 Å². The lowest BCUT2D eigenvalue weighted by atomic mass is 10.1. The summed E-state index contributed by atoms with van der Waals surface area (Å²) in [7, 11) is 0. The maximum absolute atomic E-state index is 13.4. The Labute approximate surface area is 136 Å². The van der Waals surface area contributed by atoms with Crippen LogP contribution in [-0.2, 0) is 9.53 Å². The smallest absolute Gasteiger partial charge is 0.325 e. The molecule has 0 aliphatic heterocycles. The number of hydrogen-bond acceptors (Lipinski definition) is 4. The van der Waals surface area contributed by atoms with Crippen LogP contribution in [0.5, 0.6) is 0 Å². The molecule has 2 rings (SSSR count). The molecule has 24 heavy (non-hydrogen) atoms. The molecule has 0 atom stereocenters. The van der Waals surface area contributed by atoms with Crippen LogP contribution in [0.1, 0.15) is 20.7 Å². The van der Waals surface area contributed by atoms with Crippen molar-refractivity contribution >= 4 is 17.7 Å². The van der Waals surface area contributed by atoms with Crippen LogP contribution in [0.25, 0.3) is 0 Å². The van der Waals surface area contributed by atoms with E-state index >= 15 is 0 Å². The molecule has 7 heteroatoms. The number of rotatable bonds is 6. The van der Waals surface area contributed by atoms with E-state index in [2.05, 4.69) is 5.32 Å². The van der Waals surface area contributed by atoms with Crippen molar-refractivity contribution in [2.24, 2.45) is 0 Å². The highest BCUT2D eigenvalue weighted by Crippen LogP contribution is 2.06. The molecule has 1 amide bonds. The van der Waals surface area contributed by atoms with Crippen molar-refractivity contribution in [1.82, 2.24) is 5.32 Å². The predicted octanol–water partition coefficient (Wildman–Crippen LogP) is 2.12. The zero-order valence-corrected chi connectivity index (χ0v) is 12.4. The largest absolute Gasteiger partial charge is 0.456 e. The summed E-state index contributed by atoms with van der Waals surface area (Å²) in [5.74, 6) is -3.33. The van der Waals surface area contributed by atoms with Gasteiger partial charge in [0.2, 0.25) is 0 Å². The van der Waals surface area contributed by atoms with Crippen LogP contribution in [0, 0.1) is 11.6 Å². The van der Waals surface area contributed by atoms with E-state index in [0.29, 0.717) is 0 Å². The summed E-state index contributed by atoms with van der Waals surface area (Å²) in [6.07, 6.45) is 0. The molecule has 0 saturated carbocycles. The molecule has 0 aromatic heterocycles. The number of nitrogens with one attached hydrogen (secondary N) is 1. The van der Waals surface area contributed by atoms with Crippen LogP contribution in [0.2, 0.25) is 0 Å². The summed E-state index contributed by atoms with van der Waals surface area (Å²) in [5.41, 5.74) is -0.00715. The van der Waals surface area contributed by atoms with Crippen molar-refractivity contribution in [3.63, 3.8) is 0 Å². The van der Waals surface area contributed by atoms with Gasteiger partial charge in [0, 0.05) is 5.56 Å². The summed E-state index contributed by atoms with van der Waals surface area (Å²) in [6, 6.07) is 10.1. The Bertz CT molecular complexity index is 759. The molecule has 0 bridgehead atoms. The summed E-state index contributed by atoms with van der Waals surface area (Å²) >= 11 is 0. The number of hydrogen-bond donors (Lipinski definition) is 1. The summed E-state index contributed by atoms with van der Waals surface area (Å²) in [4.78, 5) is 34.9. The fourth-order valence-electron chi connectivity index (χ4n) is 1.81. The third kappa shape index (κ3) is 4.70. The molecule has 0 aliphatic carbocycles. The molecular formula is C17H13F2NO4. The Balaban J connectivity index is 1.79. The number of ketones is 1. The quantitative estimate of drug-likeness (QED) is 0.649. The molecule has 0 radical (unpaired) electrons. The molecule has 124 valence electrons. The van der Waals surface area contributed by atoms with Crippen LogP contribution >= 0.6 is 0 Å². The van der Waals surface area contributed by atoms with Gasteiger partial charge in [0.1, 0.15) is 18.2 Å². The summed E-state index contributed by atoms with van der Waals surface area (Å²) < 4.78 is 30.8. The fourth-order valence-corrected chi connectivity index (χ4v) is 1.81. The molecule has 5 nitrogen and oxygen atoms in total. The van der Waals surface area contributed by atoms with Crippen molar-refractivity contribution in [2.75, 3.05) is 13.2 Å². The number of carbonyl (C=O) groups excluding carboxylic acids is 3. The highest BCUT2D eigenvalue weighted by molar-refractivity contribution is 5.98. The van der Waals surface area contributed by atoms with Gasteiger partial charge < -0.3 is 10.1 Å². The van der Waals surface area contributed by atoms with E-state index in [-0.39, 0.29) is 11.1 Å². The van der Waals surface area contributed by atoms with E-state index in [0.717, 1.165) is 18.2 Å². The predicted molar refractivity (Wildman–Crippen MR) is 80.4 cm³/mol. The first-order chi connectivity index (χ1) is 11.5. The van der Waals surface area contributed by atoms with Gasteiger partial charge in [-0.2, -0.15) is 0 Å². The molecule has 2 aromatic carbocycles. The van der Waals surface area contributed by atoms with Crippen LogP contribution in [0.4, 0.5) is 8.78 Å². The molecule has 1 N–H and O–H groups in total. The highest BCUT2D eigenvalue weighted by Gasteiger charge is 2.14. The van der Waals surface area contributed by atoms with E-state index in [1.165, 1.54) is 30.3 Å². The van der Waals surface area contributed by atoms with Gasteiger partial charge in [-0.15, -0.1) is 0 Å². The molecule has 0 fully saturated rings. The third-order valence-corrected chi connectivity index (χ3v) is 3.04. The molecule has 0 spiro atoms. The second-order valence-electron chi connectivity index (χ2n) is 4.75. The lowest BCUT2D eigenvalue weighted by Crippen LogP contribution is -2.32. The van der Waals surface area contributed by atoms with Gasteiger partial charge in [0.15, 0.2) is 12.4 Å². The van der Waals surface area contributed by atoms with Crippen molar-refractivity contribution in [3.05, 3.63) is 71.3 Å². The minimum Gasteiger partial charge on any atom is -0.456 e. The number of benzene rings is 2. The van der Waals surface area contributed by atoms with Gasteiger partial charge >= 0.3 is 5.97 Å². The Morgan fingerprint density at radius 1 is 0.958 bits per heavy atom. The molecule has 0 saturated heterocycles. The molecule has 0 unspecified atom stereocenters. The minimum absolute atomic E-state index is 0.194. The first-order valence-corrected chi connectivity index (χ1v) is 6.94. The van der Waals surface area contributed by atoms with E-state index < -0.39 is 42.4 Å². The number of amides is 1. The van der Waals surface area contributed by atoms with E-state index in [9.17, 15) is 23.2 Å². The molecule has 2 aromatic rings. The van der Waals surface area contributed by atoms with Crippen molar-refractivity contribution in [1.29, 1.82) is 0 Å². The first-order valence-electron chi connectivity index (χ1n) is 6.94. The average Bonchev–Trinajstić information content (AvgIpc) is 2.58. The zero-order valence-electron chi connectivity index (χ0n) is 12.4. The number of ether oxygens (including phenoxy) is 1. The van der Waals surface area contributed by atoms with Crippen LogP contribution in [0.3, 0.4) is 0 Å². The standard InChI is InChI=1S/C17H13F2NO4/c18-12-7-5-11(6-8-12)15(21)10-24-16(22)9-20-17(23)13-3-1-2-4-14(13)19/h1-8H,9-10H2,(H,20,23). The van der Waals surface area contributed by atoms with Gasteiger partial charge in [-0.05, 0) is 36.4 Å². The maximum atomic E-state index is 13.4. The van der Waals surface area contributed by atoms with Crippen LogP contribution < -0.4 is 5.32 Å². The van der Waals surface area contributed by atoms with Crippen molar-refractivity contribution in [2.45, 2.75) is 0 Å². The average molecular weight is 333 g/mol. The Kier molecular flexibility index (Phi) is 5.73. The SMILES string of the molecule is O=C(CNC(=O)c1ccccc1F)OCC(=O)c1ccc(F)cc1. The molecule has 0 aliphatic rings. The monoisotopic (exact) mass is 333 g/mol. The van der Waals surface area contributed by atoms with Crippen LogP contribution in [0.15, 0.2) is 48.5 Å². The second kappa shape index (κ2) is 7.96. The van der Waals surface area contributed by atoms with Crippen LogP contribution in [-0.4, -0.2) is 30.8 Å². The number of Topliss-reactive ketones (excluding diaryl/α,β-unsaturated/α-hetero) is 1. The molecule has 0 heterocycles. The first kappa shape index (κ1) is 17.3. The van der Waals surface area contributed by atoms with E-state index in [1.54, 1.807) is 0 Å². The summed E-state index contributed by atoms with van der Waals surface area (Å²) in [6.45, 7) is -1.05. The second-order valence-corrected chi connectivity index (χ2v) is 4.75. The zero-order chi connectivity index (χ0) is 17.5. The molecular weight excluding hydrogens is 320 g/mol. The maximum Gasteiger partial charge on any atom is 0.325 e. The Morgan fingerprint density at radius 2 is 1.62 bits per heavy atom. The number of halogens is 2. The number of esters is 1. The van der Waals surface area contributed by atoms with Gasteiger partial charge in [0.25, 0.3) is 5.91 Å². The Hall–Kier alpha value is -3.09. The number of carbonyl (C=O) groups is 3. The topological polar surface area (TPSA) is 72.5 Å². The van der Waals surface area contributed by atoms with E-state index in [1.807, 2.05) is 0 Å². The van der Waals surface area contributed by atoms with Gasteiger partial charge in [-0.25, -0.2) is 8.78 Å². The van der Waals surface area contributed by atoms with E-state index in [4.69, 9.17) is 4.74 Å². The minimum atomic E-state index is -0.852. The van der Waals surface area contributed by atoms with Gasteiger partial charge in [0.05, 0.1) is 5.56 Å². The fraction of sp³-hybridized carbons (Fsp3) is 0.118. The Morgan fingerprint density at radius 3 is 2.29 bits per heavy atom. The third-order valence-electron chi connectivity index (χ3n) is 3.04. The van der Waals surface area contributed by atoms with Crippen molar-refractivity contribution < 1.29 is 27.9 Å². The van der Waals surface area contributed by atoms with Gasteiger partial charge in [-0.1, -0.05) is 12.1 Å². The highest BCUT2D eigenvalue weighted by atomic mass is 19.1. The lowest BCUT2D eigenvalue weighted by molar-refractivity contribution is -0.141. The van der Waals surface area contributed by atoms with Crippen molar-refractivity contribution in [3.8, 4) is 0 Å². The summed E-state index contributed by atoms with van der Waals surface area (Å²) in [5, 5.41) is 2.20. The normalized spacial score (nSPS) is 10.1.